The lowest BCUT2D eigenvalue weighted by Crippen LogP contribution is -2.42. The van der Waals surface area contributed by atoms with Gasteiger partial charge in [0.25, 0.3) is 0 Å². The highest BCUT2D eigenvalue weighted by Crippen LogP contribution is 2.27. The Balaban J connectivity index is 1.95. The molecule has 1 atom stereocenters. The average Bonchev–Trinajstić information content (AvgIpc) is 2.51. The lowest BCUT2D eigenvalue weighted by atomic mass is 9.84. The zero-order chi connectivity index (χ0) is 15.1. The monoisotopic (exact) mass is 297 g/mol. The van der Waals surface area contributed by atoms with Crippen LogP contribution in [0.25, 0.3) is 0 Å². The van der Waals surface area contributed by atoms with Crippen molar-refractivity contribution in [2.75, 3.05) is 13.2 Å². The van der Waals surface area contributed by atoms with E-state index in [2.05, 4.69) is 12.2 Å². The van der Waals surface area contributed by atoms with E-state index in [0.717, 1.165) is 31.2 Å². The van der Waals surface area contributed by atoms with Gasteiger partial charge >= 0.3 is 0 Å². The fourth-order valence-electron chi connectivity index (χ4n) is 3.00. The van der Waals surface area contributed by atoms with E-state index < -0.39 is 11.6 Å². The fourth-order valence-corrected chi connectivity index (χ4v) is 3.00. The summed E-state index contributed by atoms with van der Waals surface area (Å²) in [5, 5.41) is 3.50. The van der Waals surface area contributed by atoms with Gasteiger partial charge in [-0.05, 0) is 43.9 Å². The number of benzene rings is 1. The van der Waals surface area contributed by atoms with Crippen LogP contribution >= 0.6 is 0 Å². The summed E-state index contributed by atoms with van der Waals surface area (Å²) in [7, 11) is 0. The molecule has 1 fully saturated rings. The number of nitrogens with one attached hydrogen (secondary N) is 1. The minimum atomic E-state index is -0.505. The van der Waals surface area contributed by atoms with Gasteiger partial charge in [-0.25, -0.2) is 8.78 Å². The molecule has 1 N–H and O–H groups in total. The summed E-state index contributed by atoms with van der Waals surface area (Å²) in [4.78, 5) is 0. The molecular formula is C17H25F2NO. The molecule has 0 heterocycles. The highest BCUT2D eigenvalue weighted by atomic mass is 19.1. The van der Waals surface area contributed by atoms with Crippen LogP contribution in [-0.4, -0.2) is 19.2 Å². The molecule has 21 heavy (non-hydrogen) atoms. The van der Waals surface area contributed by atoms with Crippen molar-refractivity contribution >= 4 is 0 Å². The number of hydrogen-bond donors (Lipinski definition) is 1. The normalized spacial score (nSPS) is 17.7. The molecule has 2 nitrogen and oxygen atoms in total. The third kappa shape index (κ3) is 4.95. The van der Waals surface area contributed by atoms with Crippen LogP contribution in [0.4, 0.5) is 8.78 Å². The lowest BCUT2D eigenvalue weighted by molar-refractivity contribution is 0.181. The molecule has 1 aliphatic rings. The molecule has 0 aliphatic heterocycles. The molecule has 1 aromatic carbocycles. The van der Waals surface area contributed by atoms with Gasteiger partial charge in [0.2, 0.25) is 0 Å². The average molecular weight is 297 g/mol. The minimum Gasteiger partial charge on any atom is -0.489 e. The van der Waals surface area contributed by atoms with E-state index in [4.69, 9.17) is 4.74 Å². The first-order chi connectivity index (χ1) is 10.2. The second-order valence-electron chi connectivity index (χ2n) is 5.84. The van der Waals surface area contributed by atoms with Gasteiger partial charge in [-0.3, -0.25) is 0 Å². The van der Waals surface area contributed by atoms with Crippen molar-refractivity contribution in [1.29, 1.82) is 0 Å². The van der Waals surface area contributed by atoms with Crippen LogP contribution in [-0.2, 0) is 0 Å². The van der Waals surface area contributed by atoms with E-state index >= 15 is 0 Å². The first kappa shape index (κ1) is 16.2. The van der Waals surface area contributed by atoms with Gasteiger partial charge in [0.05, 0.1) is 0 Å². The van der Waals surface area contributed by atoms with E-state index in [9.17, 15) is 8.78 Å². The second-order valence-corrected chi connectivity index (χ2v) is 5.84. The van der Waals surface area contributed by atoms with E-state index in [0.29, 0.717) is 12.5 Å². The van der Waals surface area contributed by atoms with Crippen LogP contribution in [0.3, 0.4) is 0 Å². The standard InChI is InChI=1S/C17H25F2NO/c1-2-10-20-16(13-6-4-3-5-7-13)12-21-17-11-14(18)8-9-15(17)19/h8-9,11,13,16,20H,2-7,10,12H2,1H3. The van der Waals surface area contributed by atoms with Crippen molar-refractivity contribution in [3.63, 3.8) is 0 Å². The van der Waals surface area contributed by atoms with Crippen molar-refractivity contribution in [3.8, 4) is 5.75 Å². The van der Waals surface area contributed by atoms with Crippen LogP contribution in [0, 0.1) is 17.6 Å². The van der Waals surface area contributed by atoms with Crippen LogP contribution in [0.2, 0.25) is 0 Å². The van der Waals surface area contributed by atoms with Gasteiger partial charge in [-0.15, -0.1) is 0 Å². The summed E-state index contributed by atoms with van der Waals surface area (Å²) in [6, 6.07) is 3.55. The summed E-state index contributed by atoms with van der Waals surface area (Å²) >= 11 is 0. The zero-order valence-corrected chi connectivity index (χ0v) is 12.7. The smallest absolute Gasteiger partial charge is 0.165 e. The van der Waals surface area contributed by atoms with E-state index in [1.54, 1.807) is 0 Å². The van der Waals surface area contributed by atoms with Crippen molar-refractivity contribution in [1.82, 2.24) is 5.32 Å². The molecule has 0 spiro atoms. The van der Waals surface area contributed by atoms with Crippen molar-refractivity contribution in [3.05, 3.63) is 29.8 Å². The maximum Gasteiger partial charge on any atom is 0.165 e. The molecule has 0 bridgehead atoms. The highest BCUT2D eigenvalue weighted by molar-refractivity contribution is 5.24. The Morgan fingerprint density at radius 3 is 2.71 bits per heavy atom. The maximum atomic E-state index is 13.6. The van der Waals surface area contributed by atoms with E-state index in [1.165, 1.54) is 32.1 Å². The summed E-state index contributed by atoms with van der Waals surface area (Å²) in [5.74, 6) is -0.396. The van der Waals surface area contributed by atoms with Gasteiger partial charge < -0.3 is 10.1 Å². The molecule has 2 rings (SSSR count). The van der Waals surface area contributed by atoms with E-state index in [1.807, 2.05) is 0 Å². The molecule has 0 radical (unpaired) electrons. The number of rotatable bonds is 7. The first-order valence-electron chi connectivity index (χ1n) is 8.02. The summed E-state index contributed by atoms with van der Waals surface area (Å²) < 4.78 is 32.3. The molecule has 1 saturated carbocycles. The van der Waals surface area contributed by atoms with Crippen molar-refractivity contribution < 1.29 is 13.5 Å². The molecule has 0 amide bonds. The van der Waals surface area contributed by atoms with Crippen LogP contribution in [0.1, 0.15) is 45.4 Å². The van der Waals surface area contributed by atoms with Crippen LogP contribution < -0.4 is 10.1 Å². The largest absolute Gasteiger partial charge is 0.489 e. The Hall–Kier alpha value is -1.16. The second kappa shape index (κ2) is 8.32. The molecule has 1 aliphatic carbocycles. The topological polar surface area (TPSA) is 21.3 Å². The Kier molecular flexibility index (Phi) is 6.43. The third-order valence-corrected chi connectivity index (χ3v) is 4.19. The van der Waals surface area contributed by atoms with Crippen LogP contribution in [0.5, 0.6) is 5.75 Å². The van der Waals surface area contributed by atoms with E-state index in [-0.39, 0.29) is 11.8 Å². The molecule has 4 heteroatoms. The molecule has 1 aromatic rings. The summed E-state index contributed by atoms with van der Waals surface area (Å²) in [5.41, 5.74) is 0. The Morgan fingerprint density at radius 1 is 1.24 bits per heavy atom. The first-order valence-corrected chi connectivity index (χ1v) is 8.02. The Bertz CT molecular complexity index is 433. The SMILES string of the molecule is CCCNC(COc1cc(F)ccc1F)C1CCCCC1. The third-order valence-electron chi connectivity index (χ3n) is 4.19. The lowest BCUT2D eigenvalue weighted by Gasteiger charge is -2.31. The fraction of sp³-hybridized carbons (Fsp3) is 0.647. The summed E-state index contributed by atoms with van der Waals surface area (Å²) in [6.45, 7) is 3.44. The summed E-state index contributed by atoms with van der Waals surface area (Å²) in [6.07, 6.45) is 7.24. The highest BCUT2D eigenvalue weighted by Gasteiger charge is 2.24. The molecular weight excluding hydrogens is 272 g/mol. The predicted octanol–water partition coefficient (Wildman–Crippen LogP) is 4.29. The van der Waals surface area contributed by atoms with Crippen molar-refractivity contribution in [2.24, 2.45) is 5.92 Å². The Morgan fingerprint density at radius 2 is 2.00 bits per heavy atom. The molecule has 0 aromatic heterocycles. The van der Waals surface area contributed by atoms with Crippen LogP contribution in [0.15, 0.2) is 18.2 Å². The quantitative estimate of drug-likeness (QED) is 0.810. The van der Waals surface area contributed by atoms with Gasteiger partial charge in [-0.2, -0.15) is 0 Å². The Labute approximate surface area is 125 Å². The van der Waals surface area contributed by atoms with Gasteiger partial charge in [0, 0.05) is 12.1 Å². The number of halogens is 2. The zero-order valence-electron chi connectivity index (χ0n) is 12.7. The molecule has 0 saturated heterocycles. The van der Waals surface area contributed by atoms with Gasteiger partial charge in [0.15, 0.2) is 11.6 Å². The number of ether oxygens (including phenoxy) is 1. The molecule has 118 valence electrons. The molecule has 1 unspecified atom stereocenters. The number of hydrogen-bond acceptors (Lipinski definition) is 2. The van der Waals surface area contributed by atoms with Gasteiger partial charge in [0.1, 0.15) is 12.4 Å². The van der Waals surface area contributed by atoms with Crippen molar-refractivity contribution in [2.45, 2.75) is 51.5 Å². The van der Waals surface area contributed by atoms with Gasteiger partial charge in [-0.1, -0.05) is 26.2 Å². The predicted molar refractivity (Wildman–Crippen MR) is 80.5 cm³/mol. The minimum absolute atomic E-state index is 0.00843. The maximum absolute atomic E-state index is 13.6.